The topological polar surface area (TPSA) is 32.8 Å². The molecule has 1 saturated heterocycles. The standard InChI is InChI=1S/C22H26F2N2O2/c1-22(2,3)16-7-5-15(6-8-16)21(27)26-11-9-25(10-12-26)19-13-18(24)20(28-4)14-17(19)23/h5-8,13-14H,9-12H2,1-4H3. The smallest absolute Gasteiger partial charge is 0.253 e. The highest BCUT2D eigenvalue weighted by atomic mass is 19.1. The molecule has 2 aromatic carbocycles. The first kappa shape index (κ1) is 20.1. The highest BCUT2D eigenvalue weighted by Gasteiger charge is 2.25. The lowest BCUT2D eigenvalue weighted by molar-refractivity contribution is 0.0746. The molecule has 1 fully saturated rings. The molecule has 6 heteroatoms. The molecule has 1 aliphatic heterocycles. The SMILES string of the molecule is COc1cc(F)c(N2CCN(C(=O)c3ccc(C(C)(C)C)cc3)CC2)cc1F. The minimum absolute atomic E-state index is 0.0327. The molecule has 2 aromatic rings. The zero-order valence-corrected chi connectivity index (χ0v) is 16.8. The third kappa shape index (κ3) is 4.11. The number of amides is 1. The number of hydrogen-bond acceptors (Lipinski definition) is 3. The maximum atomic E-state index is 14.3. The summed E-state index contributed by atoms with van der Waals surface area (Å²) in [7, 11) is 1.30. The third-order valence-corrected chi connectivity index (χ3v) is 5.13. The number of piperazine rings is 1. The van der Waals surface area contributed by atoms with Crippen molar-refractivity contribution in [3.8, 4) is 5.75 Å². The second kappa shape index (κ2) is 7.78. The van der Waals surface area contributed by atoms with Crippen LogP contribution in [0.25, 0.3) is 0 Å². The molecule has 0 bridgehead atoms. The summed E-state index contributed by atoms with van der Waals surface area (Å²) in [5, 5.41) is 0. The van der Waals surface area contributed by atoms with Crippen LogP contribution in [-0.4, -0.2) is 44.1 Å². The second-order valence-corrected chi connectivity index (χ2v) is 8.04. The van der Waals surface area contributed by atoms with E-state index in [0.717, 1.165) is 12.1 Å². The lowest BCUT2D eigenvalue weighted by atomic mass is 9.86. The predicted octanol–water partition coefficient (Wildman–Crippen LogP) is 4.23. The van der Waals surface area contributed by atoms with E-state index in [1.807, 2.05) is 24.3 Å². The van der Waals surface area contributed by atoms with Gasteiger partial charge >= 0.3 is 0 Å². The maximum Gasteiger partial charge on any atom is 0.253 e. The van der Waals surface area contributed by atoms with Crippen molar-refractivity contribution in [1.29, 1.82) is 0 Å². The van der Waals surface area contributed by atoms with Crippen LogP contribution in [0, 0.1) is 11.6 Å². The van der Waals surface area contributed by atoms with Crippen molar-refractivity contribution < 1.29 is 18.3 Å². The van der Waals surface area contributed by atoms with Crippen molar-refractivity contribution in [3.63, 3.8) is 0 Å². The van der Waals surface area contributed by atoms with Gasteiger partial charge in [-0.15, -0.1) is 0 Å². The lowest BCUT2D eigenvalue weighted by Gasteiger charge is -2.36. The van der Waals surface area contributed by atoms with Gasteiger partial charge in [-0.2, -0.15) is 0 Å². The van der Waals surface area contributed by atoms with Crippen LogP contribution in [-0.2, 0) is 5.41 Å². The van der Waals surface area contributed by atoms with Crippen LogP contribution in [0.1, 0.15) is 36.7 Å². The minimum atomic E-state index is -0.601. The van der Waals surface area contributed by atoms with Gasteiger partial charge in [0, 0.05) is 43.9 Å². The Morgan fingerprint density at radius 2 is 1.57 bits per heavy atom. The molecule has 1 aliphatic rings. The number of nitrogens with zero attached hydrogens (tertiary/aromatic N) is 2. The first-order valence-electron chi connectivity index (χ1n) is 9.38. The average Bonchev–Trinajstić information content (AvgIpc) is 2.68. The van der Waals surface area contributed by atoms with E-state index in [9.17, 15) is 13.6 Å². The van der Waals surface area contributed by atoms with Gasteiger partial charge in [-0.1, -0.05) is 32.9 Å². The summed E-state index contributed by atoms with van der Waals surface area (Å²) in [4.78, 5) is 16.3. The van der Waals surface area contributed by atoms with E-state index in [4.69, 9.17) is 4.74 Å². The lowest BCUT2D eigenvalue weighted by Crippen LogP contribution is -2.49. The molecule has 0 aliphatic carbocycles. The quantitative estimate of drug-likeness (QED) is 0.789. The molecule has 0 aromatic heterocycles. The van der Waals surface area contributed by atoms with Crippen LogP contribution >= 0.6 is 0 Å². The van der Waals surface area contributed by atoms with Gasteiger partial charge < -0.3 is 14.5 Å². The molecule has 3 rings (SSSR count). The number of carbonyl (C=O) groups excluding carboxylic acids is 1. The highest BCUT2D eigenvalue weighted by Crippen LogP contribution is 2.28. The number of carbonyl (C=O) groups is 1. The van der Waals surface area contributed by atoms with Gasteiger partial charge in [0.25, 0.3) is 5.91 Å². The number of rotatable bonds is 3. The first-order valence-corrected chi connectivity index (χ1v) is 9.38. The molecule has 1 amide bonds. The molecule has 150 valence electrons. The zero-order chi connectivity index (χ0) is 20.5. The van der Waals surface area contributed by atoms with Gasteiger partial charge in [0.15, 0.2) is 11.6 Å². The van der Waals surface area contributed by atoms with Gasteiger partial charge in [-0.05, 0) is 23.1 Å². The van der Waals surface area contributed by atoms with Gasteiger partial charge in [0.05, 0.1) is 12.8 Å². The Kier molecular flexibility index (Phi) is 5.59. The summed E-state index contributed by atoms with van der Waals surface area (Å²) in [5.41, 5.74) is 2.04. The maximum absolute atomic E-state index is 14.3. The Balaban J connectivity index is 1.67. The normalized spacial score (nSPS) is 14.9. The summed E-state index contributed by atoms with van der Waals surface area (Å²) >= 11 is 0. The molecule has 1 heterocycles. The number of ether oxygens (including phenoxy) is 1. The number of methoxy groups -OCH3 is 1. The average molecular weight is 388 g/mol. The van der Waals surface area contributed by atoms with Crippen LogP contribution in [0.4, 0.5) is 14.5 Å². The molecule has 0 unspecified atom stereocenters. The van der Waals surface area contributed by atoms with Gasteiger partial charge in [0.2, 0.25) is 0 Å². The van der Waals surface area contributed by atoms with E-state index in [0.29, 0.717) is 31.7 Å². The largest absolute Gasteiger partial charge is 0.494 e. The summed E-state index contributed by atoms with van der Waals surface area (Å²) in [6, 6.07) is 9.88. The van der Waals surface area contributed by atoms with E-state index >= 15 is 0 Å². The van der Waals surface area contributed by atoms with E-state index in [1.165, 1.54) is 12.7 Å². The van der Waals surface area contributed by atoms with Crippen LogP contribution in [0.3, 0.4) is 0 Å². The fourth-order valence-electron chi connectivity index (χ4n) is 3.36. The molecule has 0 N–H and O–H groups in total. The molecule has 0 saturated carbocycles. The van der Waals surface area contributed by atoms with Gasteiger partial charge in [-0.25, -0.2) is 8.78 Å². The fraction of sp³-hybridized carbons (Fsp3) is 0.409. The molecule has 28 heavy (non-hydrogen) atoms. The van der Waals surface area contributed by atoms with Gasteiger partial charge in [0.1, 0.15) is 5.82 Å². The van der Waals surface area contributed by atoms with Crippen molar-refractivity contribution >= 4 is 11.6 Å². The van der Waals surface area contributed by atoms with Crippen LogP contribution in [0.15, 0.2) is 36.4 Å². The predicted molar refractivity (Wildman–Crippen MR) is 106 cm³/mol. The van der Waals surface area contributed by atoms with Crippen molar-refractivity contribution in [1.82, 2.24) is 4.90 Å². The summed E-state index contributed by atoms with van der Waals surface area (Å²) in [5.74, 6) is -1.29. The molecular formula is C22H26F2N2O2. The van der Waals surface area contributed by atoms with Crippen molar-refractivity contribution in [2.45, 2.75) is 26.2 Å². The second-order valence-electron chi connectivity index (χ2n) is 8.04. The first-order chi connectivity index (χ1) is 13.2. The molecule has 0 spiro atoms. The Hall–Kier alpha value is -2.63. The van der Waals surface area contributed by atoms with Crippen molar-refractivity contribution in [2.75, 3.05) is 38.2 Å². The highest BCUT2D eigenvalue weighted by molar-refractivity contribution is 5.94. The molecule has 4 nitrogen and oxygen atoms in total. The monoisotopic (exact) mass is 388 g/mol. The molecule has 0 radical (unpaired) electrons. The fourth-order valence-corrected chi connectivity index (χ4v) is 3.36. The molecular weight excluding hydrogens is 362 g/mol. The Morgan fingerprint density at radius 1 is 0.964 bits per heavy atom. The van der Waals surface area contributed by atoms with Crippen LogP contribution in [0.2, 0.25) is 0 Å². The van der Waals surface area contributed by atoms with Crippen molar-refractivity contribution in [3.05, 3.63) is 59.2 Å². The van der Waals surface area contributed by atoms with E-state index in [-0.39, 0.29) is 22.8 Å². The number of anilines is 1. The Labute approximate surface area is 164 Å². The van der Waals surface area contributed by atoms with Crippen LogP contribution in [0.5, 0.6) is 5.75 Å². The third-order valence-electron chi connectivity index (χ3n) is 5.13. The van der Waals surface area contributed by atoms with Crippen LogP contribution < -0.4 is 9.64 Å². The number of halogens is 2. The summed E-state index contributed by atoms with van der Waals surface area (Å²) < 4.78 is 33.0. The summed E-state index contributed by atoms with van der Waals surface area (Å²) in [6.45, 7) is 8.17. The molecule has 0 atom stereocenters. The van der Waals surface area contributed by atoms with Gasteiger partial charge in [-0.3, -0.25) is 4.79 Å². The van der Waals surface area contributed by atoms with Crippen molar-refractivity contribution in [2.24, 2.45) is 0 Å². The number of hydrogen-bond donors (Lipinski definition) is 0. The summed E-state index contributed by atoms with van der Waals surface area (Å²) in [6.07, 6.45) is 0. The minimum Gasteiger partial charge on any atom is -0.494 e. The van der Waals surface area contributed by atoms with E-state index in [2.05, 4.69) is 20.8 Å². The van der Waals surface area contributed by atoms with E-state index in [1.54, 1.807) is 9.80 Å². The Morgan fingerprint density at radius 3 is 2.11 bits per heavy atom. The Bertz CT molecular complexity index is 852. The number of benzene rings is 2. The van der Waals surface area contributed by atoms with E-state index < -0.39 is 11.6 Å². The zero-order valence-electron chi connectivity index (χ0n) is 16.8.